The van der Waals surface area contributed by atoms with Gasteiger partial charge in [-0.1, -0.05) is 30.3 Å². The molecule has 7 heteroatoms. The molecular formula is C21H29N5O2. The number of hydrogen-bond donors (Lipinski definition) is 2. The highest BCUT2D eigenvalue weighted by atomic mass is 16.3. The van der Waals surface area contributed by atoms with Gasteiger partial charge in [0.05, 0.1) is 5.69 Å². The SMILES string of the molecule is CN1CCN(C[C@@H]2CN(C(=O)c3cc(-c4ccccc4)n[nH]3)C[C@@H]2CO)CC1. The zero-order valence-electron chi connectivity index (χ0n) is 16.4. The molecule has 1 amide bonds. The average Bonchev–Trinajstić information content (AvgIpc) is 3.37. The van der Waals surface area contributed by atoms with Gasteiger partial charge in [0.15, 0.2) is 0 Å². The molecule has 0 unspecified atom stereocenters. The number of carbonyl (C=O) groups excluding carboxylic acids is 1. The molecular weight excluding hydrogens is 354 g/mol. The minimum atomic E-state index is -0.0333. The van der Waals surface area contributed by atoms with Crippen LogP contribution in [0.1, 0.15) is 10.5 Å². The van der Waals surface area contributed by atoms with Crippen LogP contribution in [0, 0.1) is 11.8 Å². The van der Waals surface area contributed by atoms with Gasteiger partial charge < -0.3 is 19.8 Å². The lowest BCUT2D eigenvalue weighted by Crippen LogP contribution is -2.47. The summed E-state index contributed by atoms with van der Waals surface area (Å²) >= 11 is 0. The second-order valence-electron chi connectivity index (χ2n) is 8.05. The standard InChI is InChI=1S/C21H29N5O2/c1-24-7-9-25(10-8-24)12-17-13-26(14-18(17)15-27)21(28)20-11-19(22-23-20)16-5-3-2-4-6-16/h2-6,11,17-18,27H,7-10,12-15H2,1H3,(H,22,23)/t17-,18-/m1/s1. The Balaban J connectivity index is 1.40. The molecule has 0 saturated carbocycles. The number of amides is 1. The molecule has 2 aromatic rings. The number of aromatic nitrogens is 2. The van der Waals surface area contributed by atoms with E-state index < -0.39 is 0 Å². The first-order valence-corrected chi connectivity index (χ1v) is 10.1. The largest absolute Gasteiger partial charge is 0.396 e. The summed E-state index contributed by atoms with van der Waals surface area (Å²) in [5, 5.41) is 17.0. The smallest absolute Gasteiger partial charge is 0.271 e. The number of aromatic amines is 1. The second-order valence-corrected chi connectivity index (χ2v) is 8.05. The van der Waals surface area contributed by atoms with Gasteiger partial charge in [0.1, 0.15) is 5.69 Å². The third-order valence-electron chi connectivity index (χ3n) is 6.06. The Hall–Kier alpha value is -2.22. The fourth-order valence-corrected chi connectivity index (χ4v) is 4.24. The average molecular weight is 383 g/mol. The highest BCUT2D eigenvalue weighted by Crippen LogP contribution is 2.26. The van der Waals surface area contributed by atoms with E-state index in [0.717, 1.165) is 44.0 Å². The maximum Gasteiger partial charge on any atom is 0.271 e. The summed E-state index contributed by atoms with van der Waals surface area (Å²) in [6.45, 7) is 6.64. The first-order valence-electron chi connectivity index (χ1n) is 10.1. The molecule has 4 rings (SSSR count). The minimum absolute atomic E-state index is 0.0333. The number of benzene rings is 1. The van der Waals surface area contributed by atoms with Crippen molar-refractivity contribution in [3.05, 3.63) is 42.1 Å². The third-order valence-corrected chi connectivity index (χ3v) is 6.06. The molecule has 0 aliphatic carbocycles. The van der Waals surface area contributed by atoms with Crippen molar-refractivity contribution in [2.45, 2.75) is 0 Å². The zero-order valence-corrected chi connectivity index (χ0v) is 16.4. The van der Waals surface area contributed by atoms with Crippen LogP contribution in [0.5, 0.6) is 0 Å². The number of likely N-dealkylation sites (tertiary alicyclic amines) is 1. The monoisotopic (exact) mass is 383 g/mol. The summed E-state index contributed by atoms with van der Waals surface area (Å²) in [5.74, 6) is 0.419. The molecule has 150 valence electrons. The van der Waals surface area contributed by atoms with Crippen LogP contribution in [0.15, 0.2) is 36.4 Å². The molecule has 0 radical (unpaired) electrons. The number of aliphatic hydroxyl groups excluding tert-OH is 1. The summed E-state index contributed by atoms with van der Waals surface area (Å²) in [7, 11) is 2.15. The predicted molar refractivity (Wildman–Crippen MR) is 108 cm³/mol. The lowest BCUT2D eigenvalue weighted by atomic mass is 9.96. The predicted octanol–water partition coefficient (Wildman–Crippen LogP) is 1.00. The molecule has 2 aliphatic rings. The Morgan fingerprint density at radius 1 is 1.14 bits per heavy atom. The van der Waals surface area contributed by atoms with Gasteiger partial charge in [-0.2, -0.15) is 5.10 Å². The fraction of sp³-hybridized carbons (Fsp3) is 0.524. The van der Waals surface area contributed by atoms with Gasteiger partial charge in [-0.15, -0.1) is 0 Å². The summed E-state index contributed by atoms with van der Waals surface area (Å²) in [6, 6.07) is 11.7. The number of piperazine rings is 1. The molecule has 2 N–H and O–H groups in total. The van der Waals surface area contributed by atoms with Gasteiger partial charge in [-0.3, -0.25) is 9.89 Å². The van der Waals surface area contributed by atoms with Crippen molar-refractivity contribution in [3.63, 3.8) is 0 Å². The number of H-pyrrole nitrogens is 1. The maximum absolute atomic E-state index is 13.0. The van der Waals surface area contributed by atoms with Crippen molar-refractivity contribution in [1.29, 1.82) is 0 Å². The van der Waals surface area contributed by atoms with E-state index in [-0.39, 0.29) is 18.4 Å². The lowest BCUT2D eigenvalue weighted by molar-refractivity contribution is 0.0771. The molecule has 0 bridgehead atoms. The van der Waals surface area contributed by atoms with Crippen LogP contribution in [-0.4, -0.2) is 95.4 Å². The molecule has 2 saturated heterocycles. The van der Waals surface area contributed by atoms with Crippen molar-refractivity contribution in [3.8, 4) is 11.3 Å². The molecule has 2 fully saturated rings. The van der Waals surface area contributed by atoms with Crippen LogP contribution in [0.4, 0.5) is 0 Å². The van der Waals surface area contributed by atoms with E-state index >= 15 is 0 Å². The van der Waals surface area contributed by atoms with Crippen LogP contribution in [-0.2, 0) is 0 Å². The quantitative estimate of drug-likeness (QED) is 0.806. The lowest BCUT2D eigenvalue weighted by Gasteiger charge is -2.34. The summed E-state index contributed by atoms with van der Waals surface area (Å²) < 4.78 is 0. The van der Waals surface area contributed by atoms with Crippen LogP contribution in [0.25, 0.3) is 11.3 Å². The fourth-order valence-electron chi connectivity index (χ4n) is 4.24. The number of nitrogens with zero attached hydrogens (tertiary/aromatic N) is 4. The molecule has 1 aromatic heterocycles. The van der Waals surface area contributed by atoms with E-state index in [0.29, 0.717) is 24.7 Å². The van der Waals surface area contributed by atoms with Crippen molar-refractivity contribution in [2.75, 3.05) is 59.5 Å². The normalized spacial score (nSPS) is 24.0. The van der Waals surface area contributed by atoms with Crippen molar-refractivity contribution >= 4 is 5.91 Å². The van der Waals surface area contributed by atoms with Gasteiger partial charge in [0.25, 0.3) is 5.91 Å². The third kappa shape index (κ3) is 4.11. The number of rotatable bonds is 5. The Kier molecular flexibility index (Phi) is 5.75. The van der Waals surface area contributed by atoms with Gasteiger partial charge in [0, 0.05) is 63.9 Å². The minimum Gasteiger partial charge on any atom is -0.396 e. The van der Waals surface area contributed by atoms with Gasteiger partial charge in [0.2, 0.25) is 0 Å². The van der Waals surface area contributed by atoms with E-state index in [4.69, 9.17) is 0 Å². The number of aliphatic hydroxyl groups is 1. The summed E-state index contributed by atoms with van der Waals surface area (Å²) in [4.78, 5) is 19.7. The summed E-state index contributed by atoms with van der Waals surface area (Å²) in [5.41, 5.74) is 2.27. The number of likely N-dealkylation sites (N-methyl/N-ethyl adjacent to an activating group) is 1. The molecule has 0 spiro atoms. The van der Waals surface area contributed by atoms with Crippen molar-refractivity contribution in [2.24, 2.45) is 11.8 Å². The first-order chi connectivity index (χ1) is 13.6. The molecule has 2 atom stereocenters. The van der Waals surface area contributed by atoms with E-state index in [9.17, 15) is 9.90 Å². The van der Waals surface area contributed by atoms with Gasteiger partial charge in [-0.25, -0.2) is 0 Å². The Morgan fingerprint density at radius 3 is 2.57 bits per heavy atom. The van der Waals surface area contributed by atoms with Crippen LogP contribution < -0.4 is 0 Å². The molecule has 7 nitrogen and oxygen atoms in total. The Morgan fingerprint density at radius 2 is 1.86 bits per heavy atom. The van der Waals surface area contributed by atoms with Crippen molar-refractivity contribution in [1.82, 2.24) is 24.9 Å². The summed E-state index contributed by atoms with van der Waals surface area (Å²) in [6.07, 6.45) is 0. The van der Waals surface area contributed by atoms with E-state index in [1.807, 2.05) is 41.3 Å². The maximum atomic E-state index is 13.0. The topological polar surface area (TPSA) is 75.7 Å². The zero-order chi connectivity index (χ0) is 19.5. The number of hydrogen-bond acceptors (Lipinski definition) is 5. The molecule has 2 aliphatic heterocycles. The van der Waals surface area contributed by atoms with E-state index in [1.54, 1.807) is 0 Å². The highest BCUT2D eigenvalue weighted by Gasteiger charge is 2.36. The van der Waals surface area contributed by atoms with Gasteiger partial charge >= 0.3 is 0 Å². The van der Waals surface area contributed by atoms with E-state index in [2.05, 4.69) is 27.0 Å². The number of carbonyl (C=O) groups is 1. The highest BCUT2D eigenvalue weighted by molar-refractivity contribution is 5.93. The Bertz CT molecular complexity index is 785. The molecule has 28 heavy (non-hydrogen) atoms. The second kappa shape index (κ2) is 8.43. The van der Waals surface area contributed by atoms with Crippen LogP contribution >= 0.6 is 0 Å². The molecule has 3 heterocycles. The van der Waals surface area contributed by atoms with Crippen LogP contribution in [0.3, 0.4) is 0 Å². The first kappa shape index (κ1) is 19.1. The molecule has 1 aromatic carbocycles. The van der Waals surface area contributed by atoms with Crippen LogP contribution in [0.2, 0.25) is 0 Å². The van der Waals surface area contributed by atoms with Gasteiger partial charge in [-0.05, 0) is 19.0 Å². The van der Waals surface area contributed by atoms with E-state index in [1.165, 1.54) is 0 Å². The Labute approximate surface area is 165 Å². The number of nitrogens with one attached hydrogen (secondary N) is 1. The van der Waals surface area contributed by atoms with Crippen molar-refractivity contribution < 1.29 is 9.90 Å².